The minimum Gasteiger partial charge on any atom is -0.462 e. The minimum absolute atomic E-state index is 0.102. The van der Waals surface area contributed by atoms with Crippen molar-refractivity contribution in [2.24, 2.45) is 23.7 Å². The van der Waals surface area contributed by atoms with E-state index in [-0.39, 0.29) is 25.7 Å². The molecule has 0 aliphatic rings. The van der Waals surface area contributed by atoms with Crippen molar-refractivity contribution in [3.05, 3.63) is 0 Å². The number of phosphoric ester groups is 2. The Labute approximate surface area is 562 Å². The zero-order valence-corrected chi connectivity index (χ0v) is 62.0. The largest absolute Gasteiger partial charge is 0.472 e. The molecule has 546 valence electrons. The van der Waals surface area contributed by atoms with E-state index in [0.717, 1.165) is 108 Å². The number of esters is 4. The fourth-order valence-corrected chi connectivity index (χ4v) is 12.6. The Bertz CT molecular complexity index is 1820. The van der Waals surface area contributed by atoms with Crippen molar-refractivity contribution in [1.29, 1.82) is 0 Å². The summed E-state index contributed by atoms with van der Waals surface area (Å²) in [5.74, 6) is 0.817. The van der Waals surface area contributed by atoms with Crippen LogP contribution in [0, 0.1) is 23.7 Å². The van der Waals surface area contributed by atoms with E-state index in [1.807, 2.05) is 0 Å². The summed E-state index contributed by atoms with van der Waals surface area (Å²) in [6, 6.07) is 0. The van der Waals surface area contributed by atoms with E-state index >= 15 is 0 Å². The van der Waals surface area contributed by atoms with E-state index in [9.17, 15) is 43.2 Å². The Morgan fingerprint density at radius 3 is 0.674 bits per heavy atom. The normalized spacial score (nSPS) is 14.2. The van der Waals surface area contributed by atoms with Gasteiger partial charge in [-0.1, -0.05) is 312 Å². The van der Waals surface area contributed by atoms with E-state index in [1.165, 1.54) is 161 Å². The third kappa shape index (κ3) is 66.7. The molecule has 0 aliphatic heterocycles. The molecule has 0 bridgehead atoms. The maximum Gasteiger partial charge on any atom is 0.472 e. The maximum absolute atomic E-state index is 13.0. The quantitative estimate of drug-likeness (QED) is 0.0222. The Kier molecular flexibility index (Phi) is 61.3. The first kappa shape index (κ1) is 90.1. The molecule has 17 nitrogen and oxygen atoms in total. The highest BCUT2D eigenvalue weighted by atomic mass is 31.2. The van der Waals surface area contributed by atoms with Crippen LogP contribution in [0.15, 0.2) is 0 Å². The molecule has 3 unspecified atom stereocenters. The summed E-state index contributed by atoms with van der Waals surface area (Å²) < 4.78 is 68.3. The Hall–Kier alpha value is -1.94. The van der Waals surface area contributed by atoms with Crippen LogP contribution in [-0.2, 0) is 65.4 Å². The summed E-state index contributed by atoms with van der Waals surface area (Å²) in [5.41, 5.74) is 0. The van der Waals surface area contributed by atoms with Crippen molar-refractivity contribution in [2.45, 2.75) is 382 Å². The first-order chi connectivity index (χ1) is 44.1. The van der Waals surface area contributed by atoms with Crippen molar-refractivity contribution in [2.75, 3.05) is 39.6 Å². The van der Waals surface area contributed by atoms with Gasteiger partial charge in [0.2, 0.25) is 0 Å². The third-order valence-electron chi connectivity index (χ3n) is 16.8. The van der Waals surface area contributed by atoms with Crippen molar-refractivity contribution < 1.29 is 80.2 Å². The van der Waals surface area contributed by atoms with Crippen LogP contribution in [0.3, 0.4) is 0 Å². The molecule has 0 rings (SSSR count). The first-order valence-electron chi connectivity index (χ1n) is 37.7. The smallest absolute Gasteiger partial charge is 0.462 e. The highest BCUT2D eigenvalue weighted by Crippen LogP contribution is 2.45. The average Bonchev–Trinajstić information content (AvgIpc) is 2.65. The predicted octanol–water partition coefficient (Wildman–Crippen LogP) is 20.9. The number of unbranched alkanes of at least 4 members (excludes halogenated alkanes) is 36. The number of hydrogen-bond donors (Lipinski definition) is 3. The number of aliphatic hydroxyl groups excluding tert-OH is 1. The topological polar surface area (TPSA) is 237 Å². The van der Waals surface area contributed by atoms with Gasteiger partial charge >= 0.3 is 39.5 Å². The number of hydrogen-bond acceptors (Lipinski definition) is 15. The molecule has 92 heavy (non-hydrogen) atoms. The second kappa shape index (κ2) is 62.6. The van der Waals surface area contributed by atoms with Crippen LogP contribution < -0.4 is 0 Å². The van der Waals surface area contributed by atoms with Crippen molar-refractivity contribution >= 4 is 39.5 Å². The first-order valence-corrected chi connectivity index (χ1v) is 40.7. The zero-order chi connectivity index (χ0) is 68.2. The fourth-order valence-electron chi connectivity index (χ4n) is 11.0. The monoisotopic (exact) mass is 1350 g/mol. The fraction of sp³-hybridized carbons (Fsp3) is 0.945. The molecule has 0 aromatic rings. The lowest BCUT2D eigenvalue weighted by atomic mass is 10.0. The molecule has 0 fully saturated rings. The molecule has 0 aromatic heterocycles. The van der Waals surface area contributed by atoms with Gasteiger partial charge in [0.15, 0.2) is 12.2 Å². The van der Waals surface area contributed by atoms with Gasteiger partial charge in [-0.25, -0.2) is 9.13 Å². The molecule has 0 radical (unpaired) electrons. The van der Waals surface area contributed by atoms with Crippen LogP contribution in [0.2, 0.25) is 0 Å². The zero-order valence-electron chi connectivity index (χ0n) is 60.2. The Morgan fingerprint density at radius 2 is 0.457 bits per heavy atom. The lowest BCUT2D eigenvalue weighted by molar-refractivity contribution is -0.161. The lowest BCUT2D eigenvalue weighted by Gasteiger charge is -2.21. The van der Waals surface area contributed by atoms with Crippen LogP contribution in [-0.4, -0.2) is 96.7 Å². The molecular formula is C73H142O17P2. The molecule has 0 amide bonds. The molecule has 0 aliphatic carbocycles. The van der Waals surface area contributed by atoms with E-state index in [0.29, 0.717) is 37.5 Å². The van der Waals surface area contributed by atoms with Crippen LogP contribution in [0.1, 0.15) is 364 Å². The second-order valence-electron chi connectivity index (χ2n) is 28.2. The van der Waals surface area contributed by atoms with Crippen LogP contribution in [0.5, 0.6) is 0 Å². The standard InChI is InChI=1S/C73H142O17P2/c1-63(2)49-41-33-25-19-17-15-13-11-9-10-12-14-16-18-20-30-39-47-55-72(77)89-68(59-83-70(75)53-45-37-29-22-21-26-34-42-50-64(3)4)61-87-91(79,80)85-57-67(74)58-86-92(81,82)88-62-69(90-73(78)56-48-40-32-24-28-36-44-52-66(7)8)60-84-71(76)54-46-38-31-23-27-35-43-51-65(5)6/h63-69,74H,9-62H2,1-8H3,(H,79,80)(H,81,82)/t67?,68-,69-/m1/s1. The minimum atomic E-state index is -4.95. The van der Waals surface area contributed by atoms with Gasteiger partial charge in [-0.05, 0) is 49.4 Å². The number of phosphoric acid groups is 2. The van der Waals surface area contributed by atoms with Crippen molar-refractivity contribution in [1.82, 2.24) is 0 Å². The Morgan fingerprint density at radius 1 is 0.272 bits per heavy atom. The molecular weight excluding hydrogens is 1210 g/mol. The van der Waals surface area contributed by atoms with Gasteiger partial charge in [-0.2, -0.15) is 0 Å². The van der Waals surface area contributed by atoms with Gasteiger partial charge in [0, 0.05) is 25.7 Å². The van der Waals surface area contributed by atoms with Crippen LogP contribution in [0.25, 0.3) is 0 Å². The van der Waals surface area contributed by atoms with Gasteiger partial charge in [0.1, 0.15) is 19.3 Å². The summed E-state index contributed by atoms with van der Waals surface area (Å²) in [5, 5.41) is 10.6. The average molecular weight is 1350 g/mol. The van der Waals surface area contributed by atoms with E-state index < -0.39 is 97.5 Å². The summed E-state index contributed by atoms with van der Waals surface area (Å²) in [6.07, 6.45) is 46.2. The van der Waals surface area contributed by atoms with Crippen molar-refractivity contribution in [3.63, 3.8) is 0 Å². The summed E-state index contributed by atoms with van der Waals surface area (Å²) >= 11 is 0. The predicted molar refractivity (Wildman–Crippen MR) is 372 cm³/mol. The Balaban J connectivity index is 5.17. The van der Waals surface area contributed by atoms with E-state index in [1.54, 1.807) is 0 Å². The summed E-state index contributed by atoms with van der Waals surface area (Å²) in [7, 11) is -9.90. The molecule has 3 N–H and O–H groups in total. The maximum atomic E-state index is 13.0. The number of aliphatic hydroxyl groups is 1. The van der Waals surface area contributed by atoms with E-state index in [2.05, 4.69) is 55.4 Å². The van der Waals surface area contributed by atoms with Crippen molar-refractivity contribution in [3.8, 4) is 0 Å². The highest BCUT2D eigenvalue weighted by molar-refractivity contribution is 7.47. The lowest BCUT2D eigenvalue weighted by Crippen LogP contribution is -2.30. The number of rotatable bonds is 70. The van der Waals surface area contributed by atoms with Gasteiger partial charge in [-0.3, -0.25) is 37.3 Å². The molecule has 0 saturated heterocycles. The molecule has 0 saturated carbocycles. The third-order valence-corrected chi connectivity index (χ3v) is 18.7. The molecule has 0 spiro atoms. The van der Waals surface area contributed by atoms with Gasteiger partial charge in [0.05, 0.1) is 26.4 Å². The number of carbonyl (C=O) groups excluding carboxylic acids is 4. The molecule has 0 heterocycles. The molecule has 19 heteroatoms. The van der Waals surface area contributed by atoms with Gasteiger partial charge < -0.3 is 33.8 Å². The van der Waals surface area contributed by atoms with E-state index in [4.69, 9.17) is 37.0 Å². The van der Waals surface area contributed by atoms with Gasteiger partial charge in [0.25, 0.3) is 0 Å². The van der Waals surface area contributed by atoms with Gasteiger partial charge in [-0.15, -0.1) is 0 Å². The molecule has 0 aromatic carbocycles. The SMILES string of the molecule is CC(C)CCCCCCCCCCCCCCCCCCCCC(=O)O[C@H](COC(=O)CCCCCCCCCCC(C)C)COP(=O)(O)OCC(O)COP(=O)(O)OC[C@@H](COC(=O)CCCCCCCCCC(C)C)OC(=O)CCCCCCCCCC(C)C. The van der Waals surface area contributed by atoms with Crippen LogP contribution in [0.4, 0.5) is 0 Å². The van der Waals surface area contributed by atoms with Crippen LogP contribution >= 0.6 is 15.6 Å². The summed E-state index contributed by atoms with van der Waals surface area (Å²) in [6.45, 7) is 14.0. The highest BCUT2D eigenvalue weighted by Gasteiger charge is 2.30. The number of ether oxygens (including phenoxy) is 4. The summed E-state index contributed by atoms with van der Waals surface area (Å²) in [4.78, 5) is 72.6. The second-order valence-corrected chi connectivity index (χ2v) is 31.1. The molecule has 5 atom stereocenters. The number of carbonyl (C=O) groups is 4.